The van der Waals surface area contributed by atoms with Crippen LogP contribution in [0.1, 0.15) is 71.4 Å². The molecule has 0 fully saturated rings. The third-order valence-electron chi connectivity index (χ3n) is 6.28. The molecule has 2 aromatic rings. The Morgan fingerprint density at radius 1 is 1.13 bits per heavy atom. The second-order valence-corrected chi connectivity index (χ2v) is 9.36. The van der Waals surface area contributed by atoms with E-state index in [9.17, 15) is 0 Å². The van der Waals surface area contributed by atoms with Gasteiger partial charge in [-0.15, -0.1) is 0 Å². The van der Waals surface area contributed by atoms with Crippen molar-refractivity contribution in [3.05, 3.63) is 52.5 Å². The lowest BCUT2D eigenvalue weighted by molar-refractivity contribution is 0.376. The zero-order chi connectivity index (χ0) is 21.9. The Kier molecular flexibility index (Phi) is 7.13. The summed E-state index contributed by atoms with van der Waals surface area (Å²) in [7, 11) is 0. The van der Waals surface area contributed by atoms with Crippen LogP contribution in [0.2, 0.25) is 5.02 Å². The lowest BCUT2D eigenvalue weighted by atomic mass is 9.79. The lowest BCUT2D eigenvalue weighted by Gasteiger charge is -2.47. The maximum Gasteiger partial charge on any atom is 0.0631 e. The normalized spacial score (nSPS) is 18.0. The number of aliphatic imine (C=N–C) groups is 1. The van der Waals surface area contributed by atoms with E-state index in [2.05, 4.69) is 87.7 Å². The zero-order valence-electron chi connectivity index (χ0n) is 19.4. The monoisotopic (exact) mass is 425 g/mol. The van der Waals surface area contributed by atoms with Crippen LogP contribution in [0.15, 0.2) is 41.4 Å². The van der Waals surface area contributed by atoms with Crippen molar-refractivity contribution in [2.24, 2.45) is 4.99 Å². The number of nitrogens with zero attached hydrogens (tertiary/aromatic N) is 3. The highest BCUT2D eigenvalue weighted by Gasteiger charge is 2.36. The minimum atomic E-state index is 0.147. The van der Waals surface area contributed by atoms with Crippen molar-refractivity contribution < 1.29 is 0 Å². The summed E-state index contributed by atoms with van der Waals surface area (Å²) in [4.78, 5) is 9.57. The van der Waals surface area contributed by atoms with Gasteiger partial charge in [-0.05, 0) is 88.4 Å². The molecule has 1 aliphatic rings. The Bertz CT molecular complexity index is 882. The number of rotatable bonds is 7. The summed E-state index contributed by atoms with van der Waals surface area (Å²) in [6, 6.07) is 12.8. The third-order valence-corrected chi connectivity index (χ3v) is 6.61. The minimum Gasteiger partial charge on any atom is -0.372 e. The van der Waals surface area contributed by atoms with Gasteiger partial charge < -0.3 is 9.80 Å². The second kappa shape index (κ2) is 9.43. The van der Waals surface area contributed by atoms with Crippen LogP contribution in [0.4, 0.5) is 17.1 Å². The fourth-order valence-corrected chi connectivity index (χ4v) is 4.96. The van der Waals surface area contributed by atoms with E-state index in [1.165, 1.54) is 16.9 Å². The van der Waals surface area contributed by atoms with Crippen LogP contribution in [0.5, 0.6) is 0 Å². The Morgan fingerprint density at radius 2 is 1.80 bits per heavy atom. The molecule has 30 heavy (non-hydrogen) atoms. The first-order chi connectivity index (χ1) is 14.3. The summed E-state index contributed by atoms with van der Waals surface area (Å²) in [5.41, 5.74) is 5.98. The van der Waals surface area contributed by atoms with Crippen LogP contribution in [0, 0.1) is 0 Å². The second-order valence-electron chi connectivity index (χ2n) is 8.95. The largest absolute Gasteiger partial charge is 0.372 e. The molecule has 1 atom stereocenters. The number of halogens is 1. The Hall–Kier alpha value is -2.00. The van der Waals surface area contributed by atoms with Crippen molar-refractivity contribution in [2.45, 2.75) is 65.8 Å². The van der Waals surface area contributed by atoms with E-state index < -0.39 is 0 Å². The fraction of sp³-hybridized carbons (Fsp3) is 0.500. The maximum absolute atomic E-state index is 6.71. The molecule has 0 aromatic heterocycles. The topological polar surface area (TPSA) is 18.8 Å². The molecule has 3 rings (SSSR count). The first-order valence-electron chi connectivity index (χ1n) is 11.3. The number of hydrogen-bond acceptors (Lipinski definition) is 3. The molecule has 0 saturated carbocycles. The van der Waals surface area contributed by atoms with Crippen molar-refractivity contribution in [1.29, 1.82) is 0 Å². The molecule has 0 spiro atoms. The zero-order valence-corrected chi connectivity index (χ0v) is 20.1. The van der Waals surface area contributed by atoms with Crippen molar-refractivity contribution >= 4 is 34.9 Å². The van der Waals surface area contributed by atoms with E-state index in [0.717, 1.165) is 48.7 Å². The van der Waals surface area contributed by atoms with Crippen molar-refractivity contribution in [2.75, 3.05) is 29.4 Å². The molecule has 1 heterocycles. The van der Waals surface area contributed by atoms with Crippen molar-refractivity contribution in [3.63, 3.8) is 0 Å². The van der Waals surface area contributed by atoms with Gasteiger partial charge >= 0.3 is 0 Å². The Balaban J connectivity index is 1.89. The first-order valence-corrected chi connectivity index (χ1v) is 11.7. The summed E-state index contributed by atoms with van der Waals surface area (Å²) in [5.74, 6) is 0.501. The summed E-state index contributed by atoms with van der Waals surface area (Å²) in [5, 5.41) is 0.767. The van der Waals surface area contributed by atoms with Crippen LogP contribution in [-0.2, 0) is 0 Å². The molecule has 3 nitrogen and oxygen atoms in total. The molecule has 162 valence electrons. The number of fused-ring (bicyclic) bond motifs is 1. The van der Waals surface area contributed by atoms with Crippen LogP contribution in [-0.4, -0.2) is 31.4 Å². The molecule has 2 aromatic carbocycles. The maximum atomic E-state index is 6.71. The SMILES string of the molecule is CCCN1c2cc(Cl)c(C=Nc3ccc(N(CC)CC)cc3)cc2C(C)CC1(C)C. The lowest BCUT2D eigenvalue weighted by Crippen LogP contribution is -2.48. The predicted octanol–water partition coefficient (Wildman–Crippen LogP) is 7.44. The van der Waals surface area contributed by atoms with Gasteiger partial charge in [-0.2, -0.15) is 0 Å². The van der Waals surface area contributed by atoms with Gasteiger partial charge in [0.1, 0.15) is 0 Å². The summed E-state index contributed by atoms with van der Waals surface area (Å²) in [6.45, 7) is 16.7. The summed E-state index contributed by atoms with van der Waals surface area (Å²) in [6.07, 6.45) is 4.18. The van der Waals surface area contributed by atoms with Crippen LogP contribution in [0.3, 0.4) is 0 Å². The first kappa shape index (κ1) is 22.7. The van der Waals surface area contributed by atoms with Gasteiger partial charge in [0.2, 0.25) is 0 Å². The third kappa shape index (κ3) is 4.67. The molecule has 0 amide bonds. The van der Waals surface area contributed by atoms with E-state index in [0.29, 0.717) is 5.92 Å². The van der Waals surface area contributed by atoms with Gasteiger partial charge in [0.15, 0.2) is 0 Å². The van der Waals surface area contributed by atoms with Crippen LogP contribution in [0.25, 0.3) is 0 Å². The summed E-state index contributed by atoms with van der Waals surface area (Å²) >= 11 is 6.71. The Morgan fingerprint density at radius 3 is 2.40 bits per heavy atom. The average molecular weight is 426 g/mol. The van der Waals surface area contributed by atoms with E-state index in [1.54, 1.807) is 0 Å². The van der Waals surface area contributed by atoms with E-state index >= 15 is 0 Å². The molecule has 0 saturated heterocycles. The van der Waals surface area contributed by atoms with Crippen LogP contribution < -0.4 is 9.80 Å². The average Bonchev–Trinajstić information content (AvgIpc) is 2.71. The standard InChI is InChI=1S/C26H36ClN3/c1-7-14-30-25-16-24(27)20(15-23(25)19(4)17-26(30,5)6)18-28-21-10-12-22(13-11-21)29(8-2)9-3/h10-13,15-16,18-19H,7-9,14,17H2,1-6H3. The van der Waals surface area contributed by atoms with Gasteiger partial charge in [0, 0.05) is 48.3 Å². The van der Waals surface area contributed by atoms with Gasteiger partial charge in [-0.25, -0.2) is 0 Å². The van der Waals surface area contributed by atoms with Crippen LogP contribution >= 0.6 is 11.6 Å². The van der Waals surface area contributed by atoms with E-state index in [1.807, 2.05) is 6.21 Å². The molecule has 0 N–H and O–H groups in total. The highest BCUT2D eigenvalue weighted by atomic mass is 35.5. The smallest absolute Gasteiger partial charge is 0.0631 e. The molecule has 0 bridgehead atoms. The van der Waals surface area contributed by atoms with Crippen molar-refractivity contribution in [3.8, 4) is 0 Å². The van der Waals surface area contributed by atoms with E-state index in [4.69, 9.17) is 16.6 Å². The highest BCUT2D eigenvalue weighted by Crippen LogP contribution is 2.45. The molecule has 1 aliphatic heterocycles. The minimum absolute atomic E-state index is 0.147. The predicted molar refractivity (Wildman–Crippen MR) is 133 cm³/mol. The highest BCUT2D eigenvalue weighted by molar-refractivity contribution is 6.33. The molecular formula is C26H36ClN3. The number of hydrogen-bond donors (Lipinski definition) is 0. The number of anilines is 2. The fourth-order valence-electron chi connectivity index (χ4n) is 4.75. The molecule has 1 unspecified atom stereocenters. The molecular weight excluding hydrogens is 390 g/mol. The molecule has 4 heteroatoms. The van der Waals surface area contributed by atoms with Gasteiger partial charge in [0.25, 0.3) is 0 Å². The van der Waals surface area contributed by atoms with Gasteiger partial charge in [-0.1, -0.05) is 25.4 Å². The van der Waals surface area contributed by atoms with Crippen molar-refractivity contribution in [1.82, 2.24) is 0 Å². The number of benzene rings is 2. The molecule has 0 radical (unpaired) electrons. The van der Waals surface area contributed by atoms with Gasteiger partial charge in [-0.3, -0.25) is 4.99 Å². The Labute approximate surface area is 187 Å². The molecule has 0 aliphatic carbocycles. The van der Waals surface area contributed by atoms with E-state index in [-0.39, 0.29) is 5.54 Å². The van der Waals surface area contributed by atoms with Gasteiger partial charge in [0.05, 0.1) is 10.7 Å². The quantitative estimate of drug-likeness (QED) is 0.429. The summed E-state index contributed by atoms with van der Waals surface area (Å²) < 4.78 is 0.